The summed E-state index contributed by atoms with van der Waals surface area (Å²) < 4.78 is 10.3. The lowest BCUT2D eigenvalue weighted by molar-refractivity contribution is -0.146. The van der Waals surface area contributed by atoms with Gasteiger partial charge in [0, 0.05) is 11.4 Å². The number of aliphatic imine (C=N–C) groups is 1. The summed E-state index contributed by atoms with van der Waals surface area (Å²) in [6.45, 7) is 7.84. The van der Waals surface area contributed by atoms with Gasteiger partial charge in [-0.3, -0.25) is 14.5 Å². The van der Waals surface area contributed by atoms with E-state index >= 15 is 0 Å². The second kappa shape index (κ2) is 9.58. The van der Waals surface area contributed by atoms with Gasteiger partial charge in [0.25, 0.3) is 5.91 Å². The molecule has 0 saturated carbocycles. The van der Waals surface area contributed by atoms with Gasteiger partial charge in [-0.15, -0.1) is 17.9 Å². The third-order valence-corrected chi connectivity index (χ3v) is 6.92. The lowest BCUT2D eigenvalue weighted by Crippen LogP contribution is -2.35. The molecule has 1 unspecified atom stereocenters. The van der Waals surface area contributed by atoms with Crippen molar-refractivity contribution in [2.75, 3.05) is 19.8 Å². The Hall–Kier alpha value is -2.13. The molecule has 0 N–H and O–H groups in total. The molecule has 2 heterocycles. The van der Waals surface area contributed by atoms with Crippen LogP contribution in [-0.2, 0) is 31.9 Å². The van der Waals surface area contributed by atoms with Crippen LogP contribution in [0.15, 0.2) is 17.6 Å². The van der Waals surface area contributed by atoms with Gasteiger partial charge in [-0.1, -0.05) is 17.8 Å². The number of carbonyl (C=O) groups is 3. The molecule has 0 bridgehead atoms. The van der Waals surface area contributed by atoms with E-state index in [1.54, 1.807) is 19.9 Å². The first kappa shape index (κ1) is 21.6. The van der Waals surface area contributed by atoms with E-state index in [1.807, 2.05) is 0 Å². The fourth-order valence-corrected chi connectivity index (χ4v) is 5.68. The summed E-state index contributed by atoms with van der Waals surface area (Å²) >= 11 is 2.51. The summed E-state index contributed by atoms with van der Waals surface area (Å²) in [6.07, 6.45) is 5.40. The molecule has 1 aliphatic heterocycles. The SMILES string of the molecule is C=CCN1C(=O)C(C(=O)OCC)SC1=Nc1sc2c(c1C(=O)OCC)CCCC2. The van der Waals surface area contributed by atoms with Gasteiger partial charge in [0.1, 0.15) is 5.00 Å². The Morgan fingerprint density at radius 1 is 1.24 bits per heavy atom. The fourth-order valence-electron chi connectivity index (χ4n) is 3.34. The summed E-state index contributed by atoms with van der Waals surface area (Å²) in [4.78, 5) is 44.7. The van der Waals surface area contributed by atoms with E-state index in [0.717, 1.165) is 47.9 Å². The minimum Gasteiger partial charge on any atom is -0.465 e. The van der Waals surface area contributed by atoms with Crippen molar-refractivity contribution in [3.63, 3.8) is 0 Å². The highest BCUT2D eigenvalue weighted by atomic mass is 32.2. The molecule has 1 amide bonds. The second-order valence-electron chi connectivity index (χ2n) is 6.49. The van der Waals surface area contributed by atoms with Crippen LogP contribution in [0.5, 0.6) is 0 Å². The van der Waals surface area contributed by atoms with Gasteiger partial charge in [0.15, 0.2) is 10.4 Å². The number of amidine groups is 1. The average molecular weight is 437 g/mol. The molecule has 2 aliphatic rings. The van der Waals surface area contributed by atoms with Crippen LogP contribution in [-0.4, -0.2) is 52.9 Å². The predicted molar refractivity (Wildman–Crippen MR) is 114 cm³/mol. The first-order valence-electron chi connectivity index (χ1n) is 9.67. The molecule has 3 rings (SSSR count). The van der Waals surface area contributed by atoms with Crippen LogP contribution in [0.4, 0.5) is 5.00 Å². The molecule has 9 heteroatoms. The molecule has 1 atom stereocenters. The third-order valence-electron chi connectivity index (χ3n) is 4.59. The van der Waals surface area contributed by atoms with E-state index in [1.165, 1.54) is 16.2 Å². The van der Waals surface area contributed by atoms with Crippen LogP contribution in [0.25, 0.3) is 0 Å². The maximum Gasteiger partial charge on any atom is 0.341 e. The number of nitrogens with zero attached hydrogens (tertiary/aromatic N) is 2. The zero-order valence-electron chi connectivity index (χ0n) is 16.6. The van der Waals surface area contributed by atoms with Crippen molar-refractivity contribution in [1.29, 1.82) is 0 Å². The summed E-state index contributed by atoms with van der Waals surface area (Å²) in [6, 6.07) is 0. The monoisotopic (exact) mass is 436 g/mol. The number of thioether (sulfide) groups is 1. The van der Waals surface area contributed by atoms with Crippen LogP contribution >= 0.6 is 23.1 Å². The van der Waals surface area contributed by atoms with Crippen LogP contribution in [0.1, 0.15) is 47.5 Å². The van der Waals surface area contributed by atoms with Crippen molar-refractivity contribution < 1.29 is 23.9 Å². The molecular weight excluding hydrogens is 412 g/mol. The number of hydrogen-bond donors (Lipinski definition) is 0. The predicted octanol–water partition coefficient (Wildman–Crippen LogP) is 3.48. The van der Waals surface area contributed by atoms with Crippen LogP contribution in [0, 0.1) is 0 Å². The van der Waals surface area contributed by atoms with Gasteiger partial charge in [-0.2, -0.15) is 0 Å². The van der Waals surface area contributed by atoms with Gasteiger partial charge in [-0.05, 0) is 45.1 Å². The molecule has 7 nitrogen and oxygen atoms in total. The Kier molecular flexibility index (Phi) is 7.13. The number of fused-ring (bicyclic) bond motifs is 1. The minimum atomic E-state index is -0.991. The third kappa shape index (κ3) is 4.40. The Morgan fingerprint density at radius 2 is 1.97 bits per heavy atom. The number of aryl methyl sites for hydroxylation is 1. The van der Waals surface area contributed by atoms with Gasteiger partial charge >= 0.3 is 11.9 Å². The molecule has 1 saturated heterocycles. The highest BCUT2D eigenvalue weighted by Crippen LogP contribution is 2.42. The number of esters is 2. The highest BCUT2D eigenvalue weighted by molar-refractivity contribution is 8.16. The van der Waals surface area contributed by atoms with Crippen molar-refractivity contribution >= 4 is 51.1 Å². The van der Waals surface area contributed by atoms with E-state index in [9.17, 15) is 14.4 Å². The highest BCUT2D eigenvalue weighted by Gasteiger charge is 2.43. The molecule has 1 fully saturated rings. The molecular formula is C20H24N2O5S2. The van der Waals surface area contributed by atoms with Crippen molar-refractivity contribution in [2.45, 2.75) is 44.8 Å². The summed E-state index contributed by atoms with van der Waals surface area (Å²) in [5.74, 6) is -1.36. The zero-order chi connectivity index (χ0) is 21.0. The molecule has 0 spiro atoms. The van der Waals surface area contributed by atoms with Gasteiger partial charge < -0.3 is 9.47 Å². The van der Waals surface area contributed by atoms with E-state index in [0.29, 0.717) is 15.7 Å². The molecule has 1 aromatic heterocycles. The lowest BCUT2D eigenvalue weighted by Gasteiger charge is -2.13. The Bertz CT molecular complexity index is 861. The van der Waals surface area contributed by atoms with Crippen molar-refractivity contribution in [3.8, 4) is 0 Å². The van der Waals surface area contributed by atoms with Gasteiger partial charge in [0.05, 0.1) is 18.8 Å². The smallest absolute Gasteiger partial charge is 0.341 e. The van der Waals surface area contributed by atoms with Crippen molar-refractivity contribution in [3.05, 3.63) is 28.7 Å². The quantitative estimate of drug-likeness (QED) is 0.370. The van der Waals surface area contributed by atoms with Crippen LogP contribution < -0.4 is 0 Å². The van der Waals surface area contributed by atoms with Gasteiger partial charge in [-0.25, -0.2) is 9.79 Å². The second-order valence-corrected chi connectivity index (χ2v) is 8.65. The lowest BCUT2D eigenvalue weighted by atomic mass is 9.95. The Labute approximate surface area is 178 Å². The average Bonchev–Trinajstić information content (AvgIpc) is 3.21. The largest absolute Gasteiger partial charge is 0.465 e. The number of carbonyl (C=O) groups excluding carboxylic acids is 3. The molecule has 0 aromatic carbocycles. The van der Waals surface area contributed by atoms with Crippen molar-refractivity contribution in [1.82, 2.24) is 4.90 Å². The first-order chi connectivity index (χ1) is 14.0. The van der Waals surface area contributed by atoms with Crippen LogP contribution in [0.3, 0.4) is 0 Å². The number of thiophene rings is 1. The molecule has 1 aromatic rings. The summed E-state index contributed by atoms with van der Waals surface area (Å²) in [7, 11) is 0. The topological polar surface area (TPSA) is 85.3 Å². The molecule has 0 radical (unpaired) electrons. The first-order valence-corrected chi connectivity index (χ1v) is 11.4. The Balaban J connectivity index is 2.02. The molecule has 156 valence electrons. The number of rotatable bonds is 7. The van der Waals surface area contributed by atoms with Crippen molar-refractivity contribution in [2.24, 2.45) is 4.99 Å². The standard InChI is InChI=1S/C20H24N2O5S2/c1-4-11-22-17(23)15(19(25)27-6-3)29-20(22)21-16-14(18(24)26-5-2)12-9-7-8-10-13(12)28-16/h4,15H,1,5-11H2,2-3H3. The van der Waals surface area contributed by atoms with E-state index in [2.05, 4.69) is 11.6 Å². The maximum atomic E-state index is 12.7. The molecule has 1 aliphatic carbocycles. The number of hydrogen-bond acceptors (Lipinski definition) is 8. The normalized spacial score (nSPS) is 19.9. The molecule has 29 heavy (non-hydrogen) atoms. The van der Waals surface area contributed by atoms with Gasteiger partial charge in [0.2, 0.25) is 0 Å². The summed E-state index contributed by atoms with van der Waals surface area (Å²) in [5, 5.41) is -0.0874. The van der Waals surface area contributed by atoms with E-state index < -0.39 is 17.2 Å². The van der Waals surface area contributed by atoms with E-state index in [-0.39, 0.29) is 25.7 Å². The fraction of sp³-hybridized carbons (Fsp3) is 0.500. The Morgan fingerprint density at radius 3 is 2.66 bits per heavy atom. The van der Waals surface area contributed by atoms with Crippen LogP contribution in [0.2, 0.25) is 0 Å². The minimum absolute atomic E-state index is 0.196. The number of amides is 1. The maximum absolute atomic E-state index is 12.7. The number of ether oxygens (including phenoxy) is 2. The summed E-state index contributed by atoms with van der Waals surface area (Å²) in [5.41, 5.74) is 1.50. The van der Waals surface area contributed by atoms with E-state index in [4.69, 9.17) is 9.47 Å². The zero-order valence-corrected chi connectivity index (χ0v) is 18.2.